The molecule has 0 saturated heterocycles. The van der Waals surface area contributed by atoms with E-state index in [1.54, 1.807) is 12.4 Å². The van der Waals surface area contributed by atoms with Gasteiger partial charge >= 0.3 is 0 Å². The van der Waals surface area contributed by atoms with Crippen molar-refractivity contribution in [3.63, 3.8) is 0 Å². The topological polar surface area (TPSA) is 78.7 Å². The van der Waals surface area contributed by atoms with Crippen LogP contribution in [0, 0.1) is 11.3 Å². The molecule has 1 aromatic heterocycles. The second-order valence-electron chi connectivity index (χ2n) is 4.99. The monoisotopic (exact) mass is 306 g/mol. The Labute approximate surface area is 135 Å². The van der Waals surface area contributed by atoms with Gasteiger partial charge in [0.2, 0.25) is 0 Å². The molecule has 2 rings (SSSR count). The molecule has 5 nitrogen and oxygen atoms in total. The van der Waals surface area contributed by atoms with Gasteiger partial charge in [0.15, 0.2) is 5.82 Å². The van der Waals surface area contributed by atoms with Crippen molar-refractivity contribution in [3.8, 4) is 17.5 Å². The van der Waals surface area contributed by atoms with E-state index in [4.69, 9.17) is 5.26 Å². The predicted octanol–water partition coefficient (Wildman–Crippen LogP) is 2.97. The molecule has 5 heteroatoms. The first-order valence-electron chi connectivity index (χ1n) is 7.52. The zero-order valence-corrected chi connectivity index (χ0v) is 13.0. The molecule has 1 aromatic carbocycles. The molecule has 0 bridgehead atoms. The lowest BCUT2D eigenvalue weighted by Crippen LogP contribution is -2.25. The van der Waals surface area contributed by atoms with Crippen LogP contribution in [0.1, 0.15) is 25.3 Å². The summed E-state index contributed by atoms with van der Waals surface area (Å²) in [7, 11) is 0. The molecule has 1 amide bonds. The third-order valence-corrected chi connectivity index (χ3v) is 3.20. The highest BCUT2D eigenvalue weighted by molar-refractivity contribution is 6.01. The zero-order chi connectivity index (χ0) is 16.5. The van der Waals surface area contributed by atoms with E-state index in [0.29, 0.717) is 17.9 Å². The van der Waals surface area contributed by atoms with Crippen LogP contribution in [0.4, 0.5) is 0 Å². The van der Waals surface area contributed by atoms with Crippen LogP contribution < -0.4 is 5.32 Å². The molecule has 0 aliphatic carbocycles. The number of benzene rings is 1. The third kappa shape index (κ3) is 4.75. The van der Waals surface area contributed by atoms with Crippen LogP contribution in [-0.4, -0.2) is 22.4 Å². The highest BCUT2D eigenvalue weighted by Crippen LogP contribution is 2.14. The summed E-state index contributed by atoms with van der Waals surface area (Å²) >= 11 is 0. The Morgan fingerprint density at radius 2 is 1.96 bits per heavy atom. The van der Waals surface area contributed by atoms with Gasteiger partial charge in [-0.05, 0) is 12.5 Å². The van der Waals surface area contributed by atoms with Crippen molar-refractivity contribution >= 4 is 12.0 Å². The van der Waals surface area contributed by atoms with Gasteiger partial charge in [-0.2, -0.15) is 5.26 Å². The highest BCUT2D eigenvalue weighted by atomic mass is 16.1. The molecular formula is C18H18N4O. The largest absolute Gasteiger partial charge is 0.351 e. The van der Waals surface area contributed by atoms with Gasteiger partial charge in [-0.1, -0.05) is 43.7 Å². The molecule has 0 spiro atoms. The number of amides is 1. The lowest BCUT2D eigenvalue weighted by Gasteiger charge is -2.03. The molecule has 0 unspecified atom stereocenters. The Bertz CT molecular complexity index is 715. The van der Waals surface area contributed by atoms with Gasteiger partial charge < -0.3 is 5.32 Å². The Morgan fingerprint density at radius 1 is 1.26 bits per heavy atom. The number of aromatic nitrogens is 2. The van der Waals surface area contributed by atoms with E-state index in [1.165, 1.54) is 6.08 Å². The van der Waals surface area contributed by atoms with Crippen LogP contribution in [0.5, 0.6) is 0 Å². The number of hydrogen-bond donors (Lipinski definition) is 1. The third-order valence-electron chi connectivity index (χ3n) is 3.20. The van der Waals surface area contributed by atoms with Crippen LogP contribution in [0.15, 0.2) is 48.3 Å². The second-order valence-corrected chi connectivity index (χ2v) is 4.99. The lowest BCUT2D eigenvalue weighted by molar-refractivity contribution is -0.117. The first-order chi connectivity index (χ1) is 11.2. The SMILES string of the molecule is CCCCNC(=O)/C(C#N)=C\c1cnc(-c2ccccc2)nc1. The fraction of sp³-hybridized carbons (Fsp3) is 0.222. The molecule has 23 heavy (non-hydrogen) atoms. The fourth-order valence-corrected chi connectivity index (χ4v) is 1.94. The van der Waals surface area contributed by atoms with Gasteiger partial charge in [0, 0.05) is 30.1 Å². The molecule has 0 aliphatic rings. The molecule has 116 valence electrons. The Hall–Kier alpha value is -3.00. The molecule has 0 fully saturated rings. The zero-order valence-electron chi connectivity index (χ0n) is 13.0. The van der Waals surface area contributed by atoms with Crippen molar-refractivity contribution in [2.45, 2.75) is 19.8 Å². The van der Waals surface area contributed by atoms with Gasteiger partial charge in [0.1, 0.15) is 11.6 Å². The molecule has 0 radical (unpaired) electrons. The molecule has 2 aromatic rings. The molecule has 1 heterocycles. The van der Waals surface area contributed by atoms with Crippen LogP contribution in [0.3, 0.4) is 0 Å². The summed E-state index contributed by atoms with van der Waals surface area (Å²) in [6.07, 6.45) is 6.58. The van der Waals surface area contributed by atoms with Crippen molar-refractivity contribution in [1.29, 1.82) is 5.26 Å². The van der Waals surface area contributed by atoms with E-state index in [0.717, 1.165) is 18.4 Å². The van der Waals surface area contributed by atoms with Gasteiger partial charge in [0.25, 0.3) is 5.91 Å². The van der Waals surface area contributed by atoms with Crippen LogP contribution in [-0.2, 0) is 4.79 Å². The fourth-order valence-electron chi connectivity index (χ4n) is 1.94. The molecule has 0 aliphatic heterocycles. The number of hydrogen-bond acceptors (Lipinski definition) is 4. The maximum Gasteiger partial charge on any atom is 0.261 e. The number of unbranched alkanes of at least 4 members (excludes halogenated alkanes) is 1. The van der Waals surface area contributed by atoms with Gasteiger partial charge in [-0.25, -0.2) is 9.97 Å². The number of nitrogens with one attached hydrogen (secondary N) is 1. The minimum atomic E-state index is -0.368. The highest BCUT2D eigenvalue weighted by Gasteiger charge is 2.08. The molecule has 0 saturated carbocycles. The summed E-state index contributed by atoms with van der Waals surface area (Å²) in [6.45, 7) is 2.61. The summed E-state index contributed by atoms with van der Waals surface area (Å²) in [4.78, 5) is 20.4. The van der Waals surface area contributed by atoms with E-state index in [-0.39, 0.29) is 11.5 Å². The van der Waals surface area contributed by atoms with Gasteiger partial charge in [-0.15, -0.1) is 0 Å². The number of carbonyl (C=O) groups excluding carboxylic acids is 1. The van der Waals surface area contributed by atoms with E-state index < -0.39 is 0 Å². The van der Waals surface area contributed by atoms with Crippen molar-refractivity contribution < 1.29 is 4.79 Å². The maximum atomic E-state index is 11.9. The second kappa shape index (κ2) is 8.44. The number of carbonyl (C=O) groups is 1. The average Bonchev–Trinajstić information content (AvgIpc) is 2.61. The average molecular weight is 306 g/mol. The van der Waals surface area contributed by atoms with E-state index >= 15 is 0 Å². The first-order valence-corrected chi connectivity index (χ1v) is 7.52. The quantitative estimate of drug-likeness (QED) is 0.505. The van der Waals surface area contributed by atoms with Crippen molar-refractivity contribution in [2.24, 2.45) is 0 Å². The minimum Gasteiger partial charge on any atom is -0.351 e. The van der Waals surface area contributed by atoms with E-state index in [1.807, 2.05) is 43.3 Å². The first kappa shape index (κ1) is 16.4. The molecule has 0 atom stereocenters. The van der Waals surface area contributed by atoms with Gasteiger partial charge in [-0.3, -0.25) is 4.79 Å². The van der Waals surface area contributed by atoms with Crippen molar-refractivity contribution in [3.05, 3.63) is 53.9 Å². The molecule has 1 N–H and O–H groups in total. The lowest BCUT2D eigenvalue weighted by atomic mass is 10.1. The Morgan fingerprint density at radius 3 is 2.57 bits per heavy atom. The molecular weight excluding hydrogens is 288 g/mol. The standard InChI is InChI=1S/C18H18N4O/c1-2-3-9-20-18(23)16(11-19)10-14-12-21-17(22-13-14)15-7-5-4-6-8-15/h4-8,10,12-13H,2-3,9H2,1H3,(H,20,23)/b16-10-. The van der Waals surface area contributed by atoms with Crippen LogP contribution in [0.2, 0.25) is 0 Å². The van der Waals surface area contributed by atoms with Crippen LogP contribution >= 0.6 is 0 Å². The van der Waals surface area contributed by atoms with Crippen LogP contribution in [0.25, 0.3) is 17.5 Å². The maximum absolute atomic E-state index is 11.9. The normalized spacial score (nSPS) is 10.9. The van der Waals surface area contributed by atoms with E-state index in [9.17, 15) is 4.79 Å². The number of rotatable bonds is 6. The van der Waals surface area contributed by atoms with Crippen molar-refractivity contribution in [1.82, 2.24) is 15.3 Å². The summed E-state index contributed by atoms with van der Waals surface area (Å²) in [5.74, 6) is 0.238. The van der Waals surface area contributed by atoms with Crippen molar-refractivity contribution in [2.75, 3.05) is 6.54 Å². The number of nitriles is 1. The Balaban J connectivity index is 2.11. The minimum absolute atomic E-state index is 0.0529. The summed E-state index contributed by atoms with van der Waals surface area (Å²) in [5, 5.41) is 11.8. The smallest absolute Gasteiger partial charge is 0.261 e. The summed E-state index contributed by atoms with van der Waals surface area (Å²) in [5.41, 5.74) is 1.59. The summed E-state index contributed by atoms with van der Waals surface area (Å²) < 4.78 is 0. The van der Waals surface area contributed by atoms with E-state index in [2.05, 4.69) is 15.3 Å². The predicted molar refractivity (Wildman–Crippen MR) is 89.0 cm³/mol. The Kier molecular flexibility index (Phi) is 6.01. The number of nitrogens with zero attached hydrogens (tertiary/aromatic N) is 3. The summed E-state index contributed by atoms with van der Waals surface area (Å²) in [6, 6.07) is 11.5. The van der Waals surface area contributed by atoms with Gasteiger partial charge in [0.05, 0.1) is 0 Å².